The number of hydrogen-bond acceptors (Lipinski definition) is 7. The molecule has 0 radical (unpaired) electrons. The number of aryl methyl sites for hydroxylation is 1. The van der Waals surface area contributed by atoms with Crippen LogP contribution in [0.25, 0.3) is 21.5 Å². The molecule has 6 rings (SSSR count). The van der Waals surface area contributed by atoms with E-state index >= 15 is 0 Å². The molecule has 6 nitrogen and oxygen atoms in total. The van der Waals surface area contributed by atoms with Gasteiger partial charge in [0.1, 0.15) is 17.0 Å². The number of piperidine rings is 1. The minimum Gasteiger partial charge on any atom is -0.465 e. The molecule has 3 heterocycles. The maximum atomic E-state index is 14.6. The Kier molecular flexibility index (Phi) is 6.44. The van der Waals surface area contributed by atoms with Crippen LogP contribution < -0.4 is 4.90 Å². The zero-order valence-corrected chi connectivity index (χ0v) is 21.9. The van der Waals surface area contributed by atoms with E-state index < -0.39 is 11.8 Å². The fraction of sp³-hybridized carbons (Fsp3) is 0.414. The molecule has 8 heteroatoms. The quantitative estimate of drug-likeness (QED) is 0.247. The topological polar surface area (TPSA) is 68.5 Å². The minimum atomic E-state index is -0.542. The normalized spacial score (nSPS) is 16.5. The number of thiazole rings is 1. The van der Waals surface area contributed by atoms with Crippen molar-refractivity contribution < 1.29 is 18.4 Å². The lowest BCUT2D eigenvalue weighted by Gasteiger charge is -2.31. The number of halogens is 1. The Morgan fingerprint density at radius 1 is 1.19 bits per heavy atom. The van der Waals surface area contributed by atoms with Crippen LogP contribution in [0.3, 0.4) is 0 Å². The van der Waals surface area contributed by atoms with Crippen LogP contribution in [-0.2, 0) is 11.2 Å². The molecule has 0 amide bonds. The molecule has 2 fully saturated rings. The number of esters is 1. The van der Waals surface area contributed by atoms with Gasteiger partial charge >= 0.3 is 5.97 Å². The second-order valence-electron chi connectivity index (χ2n) is 10.2. The largest absolute Gasteiger partial charge is 0.465 e. The van der Waals surface area contributed by atoms with Gasteiger partial charge in [0.15, 0.2) is 10.9 Å². The molecule has 0 bridgehead atoms. The van der Waals surface area contributed by atoms with Gasteiger partial charge < -0.3 is 14.2 Å². The van der Waals surface area contributed by atoms with Crippen molar-refractivity contribution in [2.45, 2.75) is 51.4 Å². The van der Waals surface area contributed by atoms with Crippen LogP contribution >= 0.6 is 11.3 Å². The first-order valence-corrected chi connectivity index (χ1v) is 13.8. The molecule has 2 aromatic carbocycles. The van der Waals surface area contributed by atoms with Crippen molar-refractivity contribution in [3.05, 3.63) is 64.7 Å². The van der Waals surface area contributed by atoms with Gasteiger partial charge in [-0.1, -0.05) is 40.8 Å². The maximum Gasteiger partial charge on any atom is 0.338 e. The van der Waals surface area contributed by atoms with E-state index in [9.17, 15) is 9.18 Å². The van der Waals surface area contributed by atoms with E-state index in [-0.39, 0.29) is 5.56 Å². The highest BCUT2D eigenvalue weighted by atomic mass is 32.1. The molecule has 1 saturated carbocycles. The zero-order valence-electron chi connectivity index (χ0n) is 21.1. The Labute approximate surface area is 219 Å². The Morgan fingerprint density at radius 3 is 2.70 bits per heavy atom. The van der Waals surface area contributed by atoms with E-state index in [0.717, 1.165) is 55.4 Å². The molecule has 0 spiro atoms. The van der Waals surface area contributed by atoms with Crippen molar-refractivity contribution in [2.24, 2.45) is 5.92 Å². The highest BCUT2D eigenvalue weighted by Gasteiger charge is 2.33. The van der Waals surface area contributed by atoms with Crippen LogP contribution in [0.4, 0.5) is 9.52 Å². The Bertz CT molecular complexity index is 1450. The summed E-state index contributed by atoms with van der Waals surface area (Å²) in [5.41, 5.74) is 5.23. The number of benzene rings is 2. The Morgan fingerprint density at radius 2 is 1.97 bits per heavy atom. The van der Waals surface area contributed by atoms with Crippen molar-refractivity contribution in [1.82, 2.24) is 10.1 Å². The first-order chi connectivity index (χ1) is 18.0. The van der Waals surface area contributed by atoms with E-state index in [1.165, 1.54) is 54.0 Å². The van der Waals surface area contributed by atoms with Gasteiger partial charge in [0.2, 0.25) is 0 Å². The number of ether oxygens (including phenoxy) is 1. The lowest BCUT2D eigenvalue weighted by molar-refractivity contribution is 0.0600. The third-order valence-electron chi connectivity index (χ3n) is 7.71. The zero-order chi connectivity index (χ0) is 25.5. The fourth-order valence-corrected chi connectivity index (χ4v) is 6.46. The number of methoxy groups -OCH3 is 1. The fourth-order valence-electron chi connectivity index (χ4n) is 5.39. The molecule has 2 aliphatic rings. The second kappa shape index (κ2) is 9.89. The van der Waals surface area contributed by atoms with Gasteiger partial charge in [-0.2, -0.15) is 0 Å². The number of fused-ring (bicyclic) bond motifs is 1. The van der Waals surface area contributed by atoms with Gasteiger partial charge in [-0.25, -0.2) is 14.2 Å². The van der Waals surface area contributed by atoms with E-state index in [1.54, 1.807) is 6.07 Å². The summed E-state index contributed by atoms with van der Waals surface area (Å²) in [5, 5.41) is 5.34. The molecule has 2 aromatic heterocycles. The third-order valence-corrected chi connectivity index (χ3v) is 8.78. The number of carbonyl (C=O) groups excluding carboxylic acids is 1. The van der Waals surface area contributed by atoms with Crippen LogP contribution in [0.15, 0.2) is 40.9 Å². The summed E-state index contributed by atoms with van der Waals surface area (Å²) in [6.07, 6.45) is 6.59. The number of aromatic nitrogens is 2. The molecular formula is C29H30FN3O3S. The van der Waals surface area contributed by atoms with E-state index in [4.69, 9.17) is 9.26 Å². The molecule has 4 aromatic rings. The Balaban J connectivity index is 1.13. The predicted octanol–water partition coefficient (Wildman–Crippen LogP) is 6.91. The standard InChI is InChI=1S/C29H30FN3O3S/c1-17-5-3-4-6-21(17)25-22(27(36-32-25)19-8-9-19)10-7-18-11-13-33(14-12-18)29-31-26-23(30)15-20(28(34)35-2)16-24(26)37-29/h3-6,15-16,18-19H,7-14H2,1-2H3. The van der Waals surface area contributed by atoms with E-state index in [1.807, 2.05) is 0 Å². The third kappa shape index (κ3) is 4.75. The maximum absolute atomic E-state index is 14.6. The van der Waals surface area contributed by atoms with Crippen molar-refractivity contribution >= 4 is 32.7 Å². The summed E-state index contributed by atoms with van der Waals surface area (Å²) < 4.78 is 25.9. The van der Waals surface area contributed by atoms with Crippen LogP contribution in [0, 0.1) is 18.7 Å². The summed E-state index contributed by atoms with van der Waals surface area (Å²) in [6.45, 7) is 3.91. The van der Waals surface area contributed by atoms with E-state index in [0.29, 0.717) is 22.1 Å². The van der Waals surface area contributed by atoms with Gasteiger partial charge in [0.25, 0.3) is 0 Å². The van der Waals surface area contributed by atoms with Crippen LogP contribution in [0.1, 0.15) is 65.3 Å². The smallest absolute Gasteiger partial charge is 0.338 e. The van der Waals surface area contributed by atoms with E-state index in [2.05, 4.69) is 46.2 Å². The van der Waals surface area contributed by atoms with Gasteiger partial charge in [0, 0.05) is 30.1 Å². The average molecular weight is 520 g/mol. The SMILES string of the molecule is COC(=O)c1cc(F)c2nc(N3CCC(CCc4c(-c5ccccc5C)noc4C4CC4)CC3)sc2c1. The van der Waals surface area contributed by atoms with Crippen LogP contribution in [0.5, 0.6) is 0 Å². The first kappa shape index (κ1) is 24.1. The summed E-state index contributed by atoms with van der Waals surface area (Å²) in [6, 6.07) is 11.3. The summed E-state index contributed by atoms with van der Waals surface area (Å²) in [4.78, 5) is 18.7. The molecule has 37 heavy (non-hydrogen) atoms. The molecule has 1 aliphatic heterocycles. The van der Waals surface area contributed by atoms with Crippen LogP contribution in [0.2, 0.25) is 0 Å². The average Bonchev–Trinajstić information content (AvgIpc) is 3.52. The van der Waals surface area contributed by atoms with Gasteiger partial charge in [-0.05, 0) is 69.1 Å². The molecule has 1 saturated heterocycles. The summed E-state index contributed by atoms with van der Waals surface area (Å²) >= 11 is 1.43. The number of rotatable bonds is 7. The molecule has 0 N–H and O–H groups in total. The number of hydrogen-bond donors (Lipinski definition) is 0. The molecule has 192 valence electrons. The van der Waals surface area contributed by atoms with Crippen molar-refractivity contribution in [1.29, 1.82) is 0 Å². The van der Waals surface area contributed by atoms with Crippen molar-refractivity contribution in [3.63, 3.8) is 0 Å². The highest BCUT2D eigenvalue weighted by molar-refractivity contribution is 7.22. The number of carbonyl (C=O) groups is 1. The first-order valence-electron chi connectivity index (χ1n) is 13.0. The second-order valence-corrected chi connectivity index (χ2v) is 11.2. The van der Waals surface area contributed by atoms with Crippen LogP contribution in [-0.4, -0.2) is 36.3 Å². The molecule has 0 atom stereocenters. The molecule has 1 aliphatic carbocycles. The Hall–Kier alpha value is -3.26. The lowest BCUT2D eigenvalue weighted by atomic mass is 9.89. The minimum absolute atomic E-state index is 0.214. The van der Waals surface area contributed by atoms with Crippen molar-refractivity contribution in [2.75, 3.05) is 25.1 Å². The number of anilines is 1. The molecular weight excluding hydrogens is 489 g/mol. The predicted molar refractivity (Wildman–Crippen MR) is 143 cm³/mol. The number of nitrogens with zero attached hydrogens (tertiary/aromatic N) is 3. The monoisotopic (exact) mass is 519 g/mol. The summed E-state index contributed by atoms with van der Waals surface area (Å²) in [5.74, 6) is 1.21. The summed E-state index contributed by atoms with van der Waals surface area (Å²) in [7, 11) is 1.30. The van der Waals surface area contributed by atoms with Gasteiger partial charge in [-0.3, -0.25) is 0 Å². The lowest BCUT2D eigenvalue weighted by Crippen LogP contribution is -2.33. The molecule has 0 unspecified atom stereocenters. The van der Waals surface area contributed by atoms with Gasteiger partial charge in [0.05, 0.1) is 17.4 Å². The van der Waals surface area contributed by atoms with Gasteiger partial charge in [-0.15, -0.1) is 0 Å². The highest BCUT2D eigenvalue weighted by Crippen LogP contribution is 2.45. The van der Waals surface area contributed by atoms with Crippen molar-refractivity contribution in [3.8, 4) is 11.3 Å².